The van der Waals surface area contributed by atoms with Gasteiger partial charge in [-0.2, -0.15) is 5.10 Å². The number of halogens is 1. The van der Waals surface area contributed by atoms with Crippen molar-refractivity contribution in [2.45, 2.75) is 27.1 Å². The summed E-state index contributed by atoms with van der Waals surface area (Å²) in [7, 11) is 0. The van der Waals surface area contributed by atoms with Crippen molar-refractivity contribution in [3.63, 3.8) is 0 Å². The second-order valence-electron chi connectivity index (χ2n) is 9.15. The lowest BCUT2D eigenvalue weighted by Crippen LogP contribution is -2.16. The number of amides is 1. The average molecular weight is 554 g/mol. The molecule has 0 spiro atoms. The van der Waals surface area contributed by atoms with Crippen LogP contribution in [0.5, 0.6) is 11.5 Å². The predicted molar refractivity (Wildman–Crippen MR) is 156 cm³/mol. The summed E-state index contributed by atoms with van der Waals surface area (Å²) in [6, 6.07) is 30.2. The summed E-state index contributed by atoms with van der Waals surface area (Å²) in [4.78, 5) is 12.5. The molecule has 0 aliphatic rings. The molecule has 0 atom stereocenters. The quantitative estimate of drug-likeness (QED) is 0.146. The molecule has 8 heteroatoms. The van der Waals surface area contributed by atoms with Gasteiger partial charge in [-0.1, -0.05) is 41.9 Å². The molecule has 2 aromatic heterocycles. The lowest BCUT2D eigenvalue weighted by Gasteiger charge is -2.10. The maximum Gasteiger partial charge on any atom is 0.307 e. The number of nitrogens with one attached hydrogen (secondary N) is 1. The molecule has 0 saturated heterocycles. The van der Waals surface area contributed by atoms with E-state index in [0.717, 1.165) is 16.8 Å². The number of furan rings is 1. The van der Waals surface area contributed by atoms with Crippen molar-refractivity contribution in [1.29, 1.82) is 0 Å². The molecule has 1 amide bonds. The maximum atomic E-state index is 12.5. The summed E-state index contributed by atoms with van der Waals surface area (Å²) in [5.74, 6) is 1.57. The van der Waals surface area contributed by atoms with E-state index in [9.17, 15) is 4.79 Å². The van der Waals surface area contributed by atoms with Crippen molar-refractivity contribution < 1.29 is 18.7 Å². The number of carbonyl (C=O) groups excluding carboxylic acids is 1. The molecule has 5 aromatic rings. The summed E-state index contributed by atoms with van der Waals surface area (Å²) in [6.07, 6.45) is 1.54. The number of hydrogen-bond acceptors (Lipinski definition) is 5. The number of ether oxygens (including phenoxy) is 2. The molecule has 0 aliphatic carbocycles. The highest BCUT2D eigenvalue weighted by molar-refractivity contribution is 6.31. The van der Waals surface area contributed by atoms with Gasteiger partial charge in [-0.15, -0.1) is 0 Å². The molecule has 1 N–H and O–H groups in total. The number of aromatic nitrogens is 1. The minimum absolute atomic E-state index is 0.140. The number of rotatable bonds is 10. The molecule has 0 fully saturated rings. The number of aryl methyl sites for hydroxylation is 2. The first-order valence-electron chi connectivity index (χ1n) is 12.7. The lowest BCUT2D eigenvalue weighted by atomic mass is 10.2. The zero-order chi connectivity index (χ0) is 27.9. The molecule has 0 aliphatic heterocycles. The number of hydrazone groups is 1. The van der Waals surface area contributed by atoms with Gasteiger partial charge < -0.3 is 18.5 Å². The van der Waals surface area contributed by atoms with Gasteiger partial charge in [0, 0.05) is 27.7 Å². The smallest absolute Gasteiger partial charge is 0.307 e. The molecule has 0 unspecified atom stereocenters. The van der Waals surface area contributed by atoms with Crippen LogP contribution in [0, 0.1) is 13.8 Å². The zero-order valence-electron chi connectivity index (χ0n) is 22.1. The first-order valence-corrected chi connectivity index (χ1v) is 13.1. The molecule has 0 bridgehead atoms. The topological polar surface area (TPSA) is 78.0 Å². The van der Waals surface area contributed by atoms with Crippen LogP contribution in [0.2, 0.25) is 5.02 Å². The molecule has 3 aromatic carbocycles. The third-order valence-corrected chi connectivity index (χ3v) is 6.59. The predicted octanol–water partition coefficient (Wildman–Crippen LogP) is 7.26. The molecular weight excluding hydrogens is 526 g/mol. The number of nitrogens with zero attached hydrogens (tertiary/aromatic N) is 2. The zero-order valence-corrected chi connectivity index (χ0v) is 22.9. The van der Waals surface area contributed by atoms with Crippen molar-refractivity contribution in [2.24, 2.45) is 5.10 Å². The summed E-state index contributed by atoms with van der Waals surface area (Å²) in [5.41, 5.74) is 7.56. The summed E-state index contributed by atoms with van der Waals surface area (Å²) < 4.78 is 19.5. The monoisotopic (exact) mass is 553 g/mol. The Hall–Kier alpha value is -4.75. The van der Waals surface area contributed by atoms with E-state index in [1.807, 2.05) is 72.8 Å². The van der Waals surface area contributed by atoms with Gasteiger partial charge in [-0.05, 0) is 86.1 Å². The second-order valence-corrected chi connectivity index (χ2v) is 9.56. The Kier molecular flexibility index (Phi) is 8.32. The fourth-order valence-corrected chi connectivity index (χ4v) is 4.37. The highest BCUT2D eigenvalue weighted by Gasteiger charge is 2.11. The van der Waals surface area contributed by atoms with Crippen molar-refractivity contribution in [3.8, 4) is 17.2 Å². The Balaban J connectivity index is 1.11. The van der Waals surface area contributed by atoms with E-state index in [0.29, 0.717) is 28.9 Å². The molecule has 7 nitrogen and oxygen atoms in total. The average Bonchev–Trinajstić information content (AvgIpc) is 3.58. The Morgan fingerprint density at radius 1 is 0.875 bits per heavy atom. The van der Waals surface area contributed by atoms with Gasteiger partial charge >= 0.3 is 5.91 Å². The van der Waals surface area contributed by atoms with Crippen LogP contribution >= 0.6 is 11.6 Å². The largest absolute Gasteiger partial charge is 0.489 e. The van der Waals surface area contributed by atoms with E-state index >= 15 is 0 Å². The Morgan fingerprint density at radius 2 is 1.62 bits per heavy atom. The fraction of sp³-hybridized carbons (Fsp3) is 0.125. The molecule has 5 rings (SSSR count). The standard InChI is InChI=1S/C32H28ClN3O4/c1-22-10-11-23(2)36(22)26-12-14-27(15-13-26)39-21-29-16-17-31(40-29)32(37)35-34-19-24-6-5-8-28(18-24)38-20-25-7-3-4-9-30(25)33/h3-19H,20-21H2,1-2H3,(H,35,37)/b34-19+. The third-order valence-electron chi connectivity index (χ3n) is 6.22. The number of carbonyl (C=O) groups is 1. The van der Waals surface area contributed by atoms with Gasteiger partial charge in [-0.25, -0.2) is 5.43 Å². The molecule has 0 radical (unpaired) electrons. The van der Waals surface area contributed by atoms with Crippen molar-refractivity contribution in [1.82, 2.24) is 9.99 Å². The Labute approximate surface area is 237 Å². The van der Waals surface area contributed by atoms with Crippen LogP contribution in [0.4, 0.5) is 0 Å². The minimum atomic E-state index is -0.463. The maximum absolute atomic E-state index is 12.5. The van der Waals surface area contributed by atoms with Crippen molar-refractivity contribution in [2.75, 3.05) is 0 Å². The van der Waals surface area contributed by atoms with Crippen LogP contribution in [0.25, 0.3) is 5.69 Å². The van der Waals surface area contributed by atoms with E-state index in [-0.39, 0.29) is 12.4 Å². The number of hydrogen-bond donors (Lipinski definition) is 1. The second kappa shape index (κ2) is 12.4. The van der Waals surface area contributed by atoms with Crippen LogP contribution in [-0.2, 0) is 13.2 Å². The van der Waals surface area contributed by atoms with Crippen LogP contribution in [-0.4, -0.2) is 16.7 Å². The molecule has 202 valence electrons. The molecule has 0 saturated carbocycles. The lowest BCUT2D eigenvalue weighted by molar-refractivity contribution is 0.0923. The Bertz CT molecular complexity index is 1620. The van der Waals surface area contributed by atoms with Gasteiger partial charge in [0.15, 0.2) is 5.76 Å². The van der Waals surface area contributed by atoms with Gasteiger partial charge in [0.2, 0.25) is 0 Å². The number of benzene rings is 3. The van der Waals surface area contributed by atoms with Crippen LogP contribution < -0.4 is 14.9 Å². The first kappa shape index (κ1) is 26.8. The van der Waals surface area contributed by atoms with Crippen molar-refractivity contribution in [3.05, 3.63) is 136 Å². The van der Waals surface area contributed by atoms with E-state index in [4.69, 9.17) is 25.5 Å². The highest BCUT2D eigenvalue weighted by atomic mass is 35.5. The summed E-state index contributed by atoms with van der Waals surface area (Å²) in [5, 5.41) is 4.70. The highest BCUT2D eigenvalue weighted by Crippen LogP contribution is 2.21. The fourth-order valence-electron chi connectivity index (χ4n) is 4.18. The molecular formula is C32H28ClN3O4. The van der Waals surface area contributed by atoms with E-state index in [1.165, 1.54) is 17.6 Å². The van der Waals surface area contributed by atoms with Gasteiger partial charge in [0.05, 0.1) is 6.21 Å². The van der Waals surface area contributed by atoms with Gasteiger partial charge in [-0.3, -0.25) is 4.79 Å². The third kappa shape index (κ3) is 6.62. The van der Waals surface area contributed by atoms with Gasteiger partial charge in [0.25, 0.3) is 0 Å². The van der Waals surface area contributed by atoms with E-state index < -0.39 is 5.91 Å². The van der Waals surface area contributed by atoms with Gasteiger partial charge in [0.1, 0.15) is 30.5 Å². The summed E-state index contributed by atoms with van der Waals surface area (Å²) >= 11 is 6.19. The van der Waals surface area contributed by atoms with Crippen LogP contribution in [0.3, 0.4) is 0 Å². The van der Waals surface area contributed by atoms with Crippen molar-refractivity contribution >= 4 is 23.7 Å². The Morgan fingerprint density at radius 3 is 2.40 bits per heavy atom. The van der Waals surface area contributed by atoms with E-state index in [1.54, 1.807) is 12.1 Å². The van der Waals surface area contributed by atoms with Crippen LogP contribution in [0.1, 0.15) is 38.8 Å². The molecule has 2 heterocycles. The first-order chi connectivity index (χ1) is 19.5. The SMILES string of the molecule is Cc1ccc(C)n1-c1ccc(OCc2ccc(C(=O)N/N=C/c3cccc(OCc4ccccc4Cl)c3)o2)cc1. The van der Waals surface area contributed by atoms with Crippen LogP contribution in [0.15, 0.2) is 107 Å². The summed E-state index contributed by atoms with van der Waals surface area (Å²) in [6.45, 7) is 4.69. The molecule has 40 heavy (non-hydrogen) atoms. The minimum Gasteiger partial charge on any atom is -0.489 e. The van der Waals surface area contributed by atoms with E-state index in [2.05, 4.69) is 41.1 Å². The normalized spacial score (nSPS) is 11.1.